The van der Waals surface area contributed by atoms with E-state index in [4.69, 9.17) is 0 Å². The summed E-state index contributed by atoms with van der Waals surface area (Å²) < 4.78 is 0. The van der Waals surface area contributed by atoms with Gasteiger partial charge in [0.25, 0.3) is 0 Å². The Balaban J connectivity index is 1.67. The summed E-state index contributed by atoms with van der Waals surface area (Å²) >= 11 is 5.40. The van der Waals surface area contributed by atoms with Crippen LogP contribution >= 0.6 is 34.9 Å². The fourth-order valence-corrected chi connectivity index (χ4v) is 6.19. The average Bonchev–Trinajstić information content (AvgIpc) is 3.18. The Morgan fingerprint density at radius 1 is 1.24 bits per heavy atom. The number of benzene rings is 1. The second-order valence-corrected chi connectivity index (χ2v) is 9.44. The van der Waals surface area contributed by atoms with Crippen molar-refractivity contribution in [2.75, 3.05) is 23.8 Å². The van der Waals surface area contributed by atoms with Crippen LogP contribution in [-0.4, -0.2) is 45.0 Å². The zero-order valence-electron chi connectivity index (χ0n) is 14.0. The van der Waals surface area contributed by atoms with Gasteiger partial charge in [-0.1, -0.05) is 30.3 Å². The third kappa shape index (κ3) is 5.78. The highest BCUT2D eigenvalue weighted by Gasteiger charge is 2.24. The van der Waals surface area contributed by atoms with Crippen molar-refractivity contribution in [2.24, 2.45) is 0 Å². The van der Waals surface area contributed by atoms with Crippen LogP contribution in [0.3, 0.4) is 0 Å². The van der Waals surface area contributed by atoms with E-state index in [-0.39, 0.29) is 5.91 Å². The third-order valence-electron chi connectivity index (χ3n) is 4.18. The number of hydrogen-bond acceptors (Lipinski definition) is 5. The molecule has 2 unspecified atom stereocenters. The van der Waals surface area contributed by atoms with Gasteiger partial charge < -0.3 is 10.0 Å². The Kier molecular flexibility index (Phi) is 7.28. The van der Waals surface area contributed by atoms with Crippen LogP contribution in [-0.2, 0) is 11.3 Å². The summed E-state index contributed by atoms with van der Waals surface area (Å²) in [5.41, 5.74) is 1.98. The van der Waals surface area contributed by atoms with Crippen LogP contribution in [0.1, 0.15) is 23.7 Å². The van der Waals surface area contributed by atoms with E-state index in [1.165, 1.54) is 5.75 Å². The molecule has 134 valence electrons. The molecule has 1 N–H and O–H groups in total. The fraction of sp³-hybridized carbons (Fsp3) is 0.421. The molecule has 3 rings (SSSR count). The lowest BCUT2D eigenvalue weighted by molar-refractivity contribution is -0.133. The summed E-state index contributed by atoms with van der Waals surface area (Å²) in [5, 5.41) is 14.8. The lowest BCUT2D eigenvalue weighted by Gasteiger charge is -2.28. The molecule has 1 amide bonds. The van der Waals surface area contributed by atoms with E-state index in [0.717, 1.165) is 22.6 Å². The number of nitrogens with zero attached hydrogens (tertiary/aromatic N) is 1. The Morgan fingerprint density at radius 3 is 2.76 bits per heavy atom. The Morgan fingerprint density at radius 2 is 2.08 bits per heavy atom. The molecule has 0 radical (unpaired) electrons. The monoisotopic (exact) mass is 393 g/mol. The van der Waals surface area contributed by atoms with E-state index in [2.05, 4.69) is 0 Å². The summed E-state index contributed by atoms with van der Waals surface area (Å²) in [7, 11) is 0. The van der Waals surface area contributed by atoms with Gasteiger partial charge >= 0.3 is 0 Å². The molecule has 0 bridgehead atoms. The number of hydrogen-bond donors (Lipinski definition) is 1. The first-order valence-corrected chi connectivity index (χ1v) is 11.6. The number of thioether (sulfide) groups is 2. The van der Waals surface area contributed by atoms with Crippen LogP contribution in [0.4, 0.5) is 0 Å². The molecule has 0 saturated carbocycles. The highest BCUT2D eigenvalue weighted by Crippen LogP contribution is 2.27. The van der Waals surface area contributed by atoms with Crippen LogP contribution in [0.25, 0.3) is 0 Å². The quantitative estimate of drug-likeness (QED) is 0.770. The second kappa shape index (κ2) is 9.67. The molecule has 0 spiro atoms. The average molecular weight is 394 g/mol. The molecular weight excluding hydrogens is 370 g/mol. The predicted octanol–water partition coefficient (Wildman–Crippen LogP) is 4.05. The van der Waals surface area contributed by atoms with Crippen molar-refractivity contribution in [1.29, 1.82) is 0 Å². The lowest BCUT2D eigenvalue weighted by Crippen LogP contribution is -2.36. The van der Waals surface area contributed by atoms with E-state index in [1.54, 1.807) is 11.3 Å². The van der Waals surface area contributed by atoms with Crippen molar-refractivity contribution in [3.63, 3.8) is 0 Å². The van der Waals surface area contributed by atoms with Gasteiger partial charge in [-0.2, -0.15) is 34.9 Å². The summed E-state index contributed by atoms with van der Waals surface area (Å²) in [5.74, 6) is 3.49. The van der Waals surface area contributed by atoms with Crippen LogP contribution in [0.2, 0.25) is 0 Å². The topological polar surface area (TPSA) is 40.5 Å². The SMILES string of the molecule is O=C(CC1CSCCS1)N(Cc1ccccc1)CC(O)c1ccsc1. The number of rotatable bonds is 7. The van der Waals surface area contributed by atoms with Gasteiger partial charge in [-0.25, -0.2) is 0 Å². The fourth-order valence-electron chi connectivity index (χ4n) is 2.82. The molecule has 1 aliphatic heterocycles. The molecule has 1 aromatic heterocycles. The number of aliphatic hydroxyl groups excluding tert-OH is 1. The van der Waals surface area contributed by atoms with Gasteiger partial charge in [0, 0.05) is 35.5 Å². The normalized spacial score (nSPS) is 18.7. The highest BCUT2D eigenvalue weighted by atomic mass is 32.2. The van der Waals surface area contributed by atoms with Gasteiger partial charge in [-0.3, -0.25) is 4.79 Å². The number of carbonyl (C=O) groups is 1. The molecule has 1 aliphatic rings. The number of carbonyl (C=O) groups excluding carboxylic acids is 1. The smallest absolute Gasteiger partial charge is 0.224 e. The Hall–Kier alpha value is -0.950. The predicted molar refractivity (Wildman–Crippen MR) is 109 cm³/mol. The Bertz CT molecular complexity index is 642. The first-order valence-electron chi connectivity index (χ1n) is 8.43. The lowest BCUT2D eigenvalue weighted by atomic mass is 10.1. The van der Waals surface area contributed by atoms with Gasteiger partial charge in [0.1, 0.15) is 0 Å². The zero-order chi connectivity index (χ0) is 17.5. The first kappa shape index (κ1) is 18.8. The maximum absolute atomic E-state index is 12.9. The first-order chi connectivity index (χ1) is 12.2. The minimum Gasteiger partial charge on any atom is -0.387 e. The molecule has 6 heteroatoms. The summed E-state index contributed by atoms with van der Waals surface area (Å²) in [6.45, 7) is 0.889. The van der Waals surface area contributed by atoms with Gasteiger partial charge in [-0.15, -0.1) is 0 Å². The molecular formula is C19H23NO2S3. The standard InChI is InChI=1S/C19H23NO2S3/c21-18(16-6-7-23-13-16)12-20(11-15-4-2-1-3-5-15)19(22)10-17-14-24-8-9-25-17/h1-7,13,17-18,21H,8-12,14H2. The summed E-state index contributed by atoms with van der Waals surface area (Å²) in [4.78, 5) is 14.7. The molecule has 1 saturated heterocycles. The van der Waals surface area contributed by atoms with Crippen LogP contribution in [0.5, 0.6) is 0 Å². The summed E-state index contributed by atoms with van der Waals surface area (Å²) in [6, 6.07) is 11.9. The van der Waals surface area contributed by atoms with Crippen molar-refractivity contribution < 1.29 is 9.90 Å². The minimum atomic E-state index is -0.632. The maximum atomic E-state index is 12.9. The van der Waals surface area contributed by atoms with E-state index in [9.17, 15) is 9.90 Å². The van der Waals surface area contributed by atoms with Crippen molar-refractivity contribution in [1.82, 2.24) is 4.90 Å². The van der Waals surface area contributed by atoms with Gasteiger partial charge in [0.2, 0.25) is 5.91 Å². The molecule has 2 atom stereocenters. The van der Waals surface area contributed by atoms with E-state index in [0.29, 0.717) is 24.8 Å². The third-order valence-corrected chi connectivity index (χ3v) is 7.72. The van der Waals surface area contributed by atoms with Gasteiger partial charge in [0.05, 0.1) is 12.6 Å². The number of aliphatic hydroxyl groups is 1. The van der Waals surface area contributed by atoms with Crippen LogP contribution in [0.15, 0.2) is 47.2 Å². The molecule has 3 nitrogen and oxygen atoms in total. The minimum absolute atomic E-state index is 0.137. The van der Waals surface area contributed by atoms with Crippen molar-refractivity contribution in [3.05, 3.63) is 58.3 Å². The second-order valence-electron chi connectivity index (χ2n) is 6.10. The molecule has 2 aromatic rings. The molecule has 2 heterocycles. The molecule has 1 aromatic carbocycles. The maximum Gasteiger partial charge on any atom is 0.224 e. The van der Waals surface area contributed by atoms with Gasteiger partial charge in [0.15, 0.2) is 0 Å². The number of amides is 1. The zero-order valence-corrected chi connectivity index (χ0v) is 16.5. The van der Waals surface area contributed by atoms with E-state index < -0.39 is 6.10 Å². The highest BCUT2D eigenvalue weighted by molar-refractivity contribution is 8.06. The molecule has 25 heavy (non-hydrogen) atoms. The van der Waals surface area contributed by atoms with Crippen molar-refractivity contribution >= 4 is 40.8 Å². The largest absolute Gasteiger partial charge is 0.387 e. The van der Waals surface area contributed by atoms with Crippen molar-refractivity contribution in [3.8, 4) is 0 Å². The number of thiophene rings is 1. The van der Waals surface area contributed by atoms with E-state index in [1.807, 2.05) is 75.6 Å². The van der Waals surface area contributed by atoms with Crippen LogP contribution in [0, 0.1) is 0 Å². The molecule has 1 fully saturated rings. The molecule has 0 aliphatic carbocycles. The van der Waals surface area contributed by atoms with Crippen molar-refractivity contribution in [2.45, 2.75) is 24.3 Å². The summed E-state index contributed by atoms with van der Waals surface area (Å²) in [6.07, 6.45) is -0.0757. The van der Waals surface area contributed by atoms with Gasteiger partial charge in [-0.05, 0) is 28.0 Å². The van der Waals surface area contributed by atoms with E-state index >= 15 is 0 Å². The van der Waals surface area contributed by atoms with Crippen LogP contribution < -0.4 is 0 Å². The Labute approximate surface area is 161 Å².